The maximum Gasteiger partial charge on any atom is 0.192 e. The lowest BCUT2D eigenvalue weighted by Gasteiger charge is -2.34. The van der Waals surface area contributed by atoms with E-state index in [0.29, 0.717) is 18.7 Å². The second-order valence-corrected chi connectivity index (χ2v) is 11.9. The van der Waals surface area contributed by atoms with Crippen LogP contribution in [0, 0.1) is 25.5 Å². The summed E-state index contributed by atoms with van der Waals surface area (Å²) < 4.78 is 39.1. The Morgan fingerprint density at radius 3 is 2.11 bits per heavy atom. The molecule has 0 fully saturated rings. The molecule has 0 aliphatic rings. The maximum absolute atomic E-state index is 13.4. The molecule has 0 aliphatic heterocycles. The topological polar surface area (TPSA) is 34.4 Å². The standard InChI is InChI=1S/C21H31F2NO2Si/c1-6-27(7-2,8-3)26-20(21-15(4)14-25-16(21)5)13-24-12-17-9-18(22)11-19(23)10-17/h9-11,14,20,24H,6-8,12-13H2,1-5H3. The van der Waals surface area contributed by atoms with E-state index in [2.05, 4.69) is 26.1 Å². The van der Waals surface area contributed by atoms with Crippen LogP contribution in [0.15, 0.2) is 28.9 Å². The van der Waals surface area contributed by atoms with Crippen molar-refractivity contribution in [1.29, 1.82) is 0 Å². The molecule has 6 heteroatoms. The van der Waals surface area contributed by atoms with E-state index in [1.54, 1.807) is 6.26 Å². The van der Waals surface area contributed by atoms with Crippen molar-refractivity contribution in [3.8, 4) is 0 Å². The van der Waals surface area contributed by atoms with Crippen LogP contribution in [0.4, 0.5) is 8.78 Å². The first-order chi connectivity index (χ1) is 12.8. The fraction of sp³-hybridized carbons (Fsp3) is 0.524. The molecule has 1 aromatic carbocycles. The number of aryl methyl sites for hydroxylation is 2. The van der Waals surface area contributed by atoms with Crippen LogP contribution in [0.1, 0.15) is 49.3 Å². The molecule has 0 radical (unpaired) electrons. The molecule has 1 unspecified atom stereocenters. The van der Waals surface area contributed by atoms with E-state index in [1.165, 1.54) is 12.1 Å². The zero-order valence-corrected chi connectivity index (χ0v) is 18.0. The van der Waals surface area contributed by atoms with Crippen LogP contribution < -0.4 is 5.32 Å². The molecule has 2 aromatic rings. The molecule has 0 saturated heterocycles. The molecule has 27 heavy (non-hydrogen) atoms. The van der Waals surface area contributed by atoms with Gasteiger partial charge in [-0.3, -0.25) is 0 Å². The average molecular weight is 396 g/mol. The Labute approximate surface area is 162 Å². The summed E-state index contributed by atoms with van der Waals surface area (Å²) in [5.41, 5.74) is 2.74. The number of hydrogen-bond acceptors (Lipinski definition) is 3. The van der Waals surface area contributed by atoms with Crippen molar-refractivity contribution in [2.24, 2.45) is 0 Å². The first kappa shape index (κ1) is 21.8. The summed E-state index contributed by atoms with van der Waals surface area (Å²) in [4.78, 5) is 0. The van der Waals surface area contributed by atoms with Crippen molar-refractivity contribution in [2.45, 2.75) is 65.4 Å². The first-order valence-electron chi connectivity index (χ1n) is 9.72. The highest BCUT2D eigenvalue weighted by Crippen LogP contribution is 2.33. The van der Waals surface area contributed by atoms with E-state index in [-0.39, 0.29) is 6.10 Å². The minimum atomic E-state index is -1.83. The van der Waals surface area contributed by atoms with Crippen LogP contribution in [0.5, 0.6) is 0 Å². The van der Waals surface area contributed by atoms with Gasteiger partial charge < -0.3 is 14.2 Å². The minimum Gasteiger partial charge on any atom is -0.469 e. The number of rotatable bonds is 10. The van der Waals surface area contributed by atoms with E-state index < -0.39 is 20.0 Å². The molecule has 1 heterocycles. The van der Waals surface area contributed by atoms with Gasteiger partial charge in [0.15, 0.2) is 8.32 Å². The predicted molar refractivity (Wildman–Crippen MR) is 107 cm³/mol. The van der Waals surface area contributed by atoms with Crippen molar-refractivity contribution >= 4 is 8.32 Å². The third kappa shape index (κ3) is 5.50. The summed E-state index contributed by atoms with van der Waals surface area (Å²) >= 11 is 0. The molecule has 0 amide bonds. The molecule has 0 saturated carbocycles. The van der Waals surface area contributed by atoms with Gasteiger partial charge in [-0.2, -0.15) is 0 Å². The molecule has 2 rings (SSSR count). The molecular weight excluding hydrogens is 364 g/mol. The van der Waals surface area contributed by atoms with Gasteiger partial charge in [0.05, 0.1) is 12.4 Å². The second kappa shape index (κ2) is 9.62. The van der Waals surface area contributed by atoms with Gasteiger partial charge in [-0.15, -0.1) is 0 Å². The Kier molecular flexibility index (Phi) is 7.76. The van der Waals surface area contributed by atoms with E-state index in [9.17, 15) is 8.78 Å². The smallest absolute Gasteiger partial charge is 0.192 e. The Balaban J connectivity index is 2.17. The normalized spacial score (nSPS) is 13.1. The van der Waals surface area contributed by atoms with E-state index in [4.69, 9.17) is 8.84 Å². The van der Waals surface area contributed by atoms with E-state index >= 15 is 0 Å². The van der Waals surface area contributed by atoms with Gasteiger partial charge in [0.25, 0.3) is 0 Å². The zero-order chi connectivity index (χ0) is 20.0. The predicted octanol–water partition coefficient (Wildman–Crippen LogP) is 6.03. The molecule has 1 atom stereocenters. The lowest BCUT2D eigenvalue weighted by atomic mass is 10.1. The highest BCUT2D eigenvalue weighted by Gasteiger charge is 2.34. The van der Waals surface area contributed by atoms with Crippen LogP contribution in [-0.4, -0.2) is 14.9 Å². The third-order valence-electron chi connectivity index (χ3n) is 5.45. The highest BCUT2D eigenvalue weighted by atomic mass is 28.4. The molecular formula is C21H31F2NO2Si. The van der Waals surface area contributed by atoms with Crippen molar-refractivity contribution in [1.82, 2.24) is 5.32 Å². The van der Waals surface area contributed by atoms with Crippen LogP contribution >= 0.6 is 0 Å². The van der Waals surface area contributed by atoms with Crippen molar-refractivity contribution in [3.63, 3.8) is 0 Å². The summed E-state index contributed by atoms with van der Waals surface area (Å²) in [6.07, 6.45) is 1.63. The van der Waals surface area contributed by atoms with Crippen molar-refractivity contribution in [3.05, 3.63) is 58.5 Å². The molecule has 0 aliphatic carbocycles. The van der Waals surface area contributed by atoms with Crippen LogP contribution in [-0.2, 0) is 11.0 Å². The lowest BCUT2D eigenvalue weighted by molar-refractivity contribution is 0.183. The summed E-state index contributed by atoms with van der Waals surface area (Å²) in [5.74, 6) is -0.256. The minimum absolute atomic E-state index is 0.131. The van der Waals surface area contributed by atoms with Gasteiger partial charge in [0.1, 0.15) is 17.4 Å². The number of benzene rings is 1. The summed E-state index contributed by atoms with van der Waals surface area (Å²) in [6.45, 7) is 11.5. The lowest BCUT2D eigenvalue weighted by Crippen LogP contribution is -2.40. The quantitative estimate of drug-likeness (QED) is 0.499. The van der Waals surface area contributed by atoms with Gasteiger partial charge in [-0.1, -0.05) is 20.8 Å². The number of hydrogen-bond donors (Lipinski definition) is 1. The number of halogens is 2. The molecule has 0 spiro atoms. The Hall–Kier alpha value is -1.50. The SMILES string of the molecule is CC[Si](CC)(CC)OC(CNCc1cc(F)cc(F)c1)c1c(C)coc1C. The van der Waals surface area contributed by atoms with Gasteiger partial charge in [-0.05, 0) is 55.2 Å². The van der Waals surface area contributed by atoms with Crippen LogP contribution in [0.2, 0.25) is 18.1 Å². The number of nitrogens with one attached hydrogen (secondary N) is 1. The highest BCUT2D eigenvalue weighted by molar-refractivity contribution is 6.73. The van der Waals surface area contributed by atoms with E-state index in [1.807, 2.05) is 13.8 Å². The van der Waals surface area contributed by atoms with Gasteiger partial charge in [-0.25, -0.2) is 8.78 Å². The summed E-state index contributed by atoms with van der Waals surface area (Å²) in [5, 5.41) is 3.32. The van der Waals surface area contributed by atoms with Gasteiger partial charge >= 0.3 is 0 Å². The van der Waals surface area contributed by atoms with Gasteiger partial charge in [0.2, 0.25) is 0 Å². The Morgan fingerprint density at radius 2 is 1.63 bits per heavy atom. The third-order valence-corrected chi connectivity index (χ3v) is 10.1. The molecule has 1 N–H and O–H groups in total. The van der Waals surface area contributed by atoms with E-state index in [0.717, 1.165) is 41.1 Å². The maximum atomic E-state index is 13.4. The molecule has 3 nitrogen and oxygen atoms in total. The Bertz CT molecular complexity index is 696. The van der Waals surface area contributed by atoms with Gasteiger partial charge in [0, 0.05) is 24.7 Å². The van der Waals surface area contributed by atoms with Crippen LogP contribution in [0.3, 0.4) is 0 Å². The molecule has 150 valence electrons. The first-order valence-corrected chi connectivity index (χ1v) is 12.2. The number of furan rings is 1. The fourth-order valence-corrected chi connectivity index (χ4v) is 6.43. The molecule has 0 bridgehead atoms. The largest absolute Gasteiger partial charge is 0.469 e. The fourth-order valence-electron chi connectivity index (χ4n) is 3.63. The van der Waals surface area contributed by atoms with Crippen molar-refractivity contribution in [2.75, 3.05) is 6.54 Å². The summed E-state index contributed by atoms with van der Waals surface area (Å²) in [6, 6.07) is 6.76. The zero-order valence-electron chi connectivity index (χ0n) is 17.0. The monoisotopic (exact) mass is 395 g/mol. The second-order valence-electron chi connectivity index (χ2n) is 7.15. The van der Waals surface area contributed by atoms with Crippen molar-refractivity contribution < 1.29 is 17.6 Å². The average Bonchev–Trinajstić information content (AvgIpc) is 2.96. The summed E-state index contributed by atoms with van der Waals surface area (Å²) in [7, 11) is -1.83. The molecule has 1 aromatic heterocycles. The Morgan fingerprint density at radius 1 is 1.04 bits per heavy atom. The van der Waals surface area contributed by atoms with Crippen LogP contribution in [0.25, 0.3) is 0 Å².